The molecule has 2 heterocycles. The van der Waals surface area contributed by atoms with E-state index in [4.69, 9.17) is 4.18 Å². The Morgan fingerprint density at radius 3 is 1.65 bits per heavy atom. The normalized spacial score (nSPS) is 12.1. The number of thiophene rings is 1. The highest BCUT2D eigenvalue weighted by molar-refractivity contribution is 7.88. The molecule has 0 N–H and O–H groups in total. The Morgan fingerprint density at radius 2 is 1.02 bits per heavy atom. The molecule has 294 valence electrons. The lowest BCUT2D eigenvalue weighted by Crippen LogP contribution is -2.28. The Labute approximate surface area is 347 Å². The first-order valence-corrected chi connectivity index (χ1v) is 21.2. The lowest BCUT2D eigenvalue weighted by molar-refractivity contribution is -0.0500. The summed E-state index contributed by atoms with van der Waals surface area (Å²) < 4.78 is 75.3. The summed E-state index contributed by atoms with van der Waals surface area (Å²) in [6.07, 6.45) is 0. The highest BCUT2D eigenvalue weighted by atomic mass is 32.2. The topological polar surface area (TPSA) is 54.8 Å². The molecule has 10 rings (SSSR count). The van der Waals surface area contributed by atoms with Crippen molar-refractivity contribution in [2.24, 2.45) is 0 Å². The first-order valence-electron chi connectivity index (χ1n) is 19.0. The van der Waals surface area contributed by atoms with Gasteiger partial charge in [-0.3, -0.25) is 0 Å². The summed E-state index contributed by atoms with van der Waals surface area (Å²) >= 11 is 1.46. The van der Waals surface area contributed by atoms with Gasteiger partial charge in [-0.2, -0.15) is 21.6 Å². The molecule has 0 amide bonds. The molecule has 0 fully saturated rings. The van der Waals surface area contributed by atoms with Gasteiger partial charge in [-0.15, -0.1) is 11.3 Å². The third-order valence-corrected chi connectivity index (χ3v) is 12.7. The van der Waals surface area contributed by atoms with Crippen LogP contribution in [0.1, 0.15) is 0 Å². The Hall–Kier alpha value is -7.08. The molecule has 10 aromatic rings. The van der Waals surface area contributed by atoms with E-state index in [9.17, 15) is 21.6 Å². The largest absolute Gasteiger partial charge is 0.534 e. The second-order valence-corrected chi connectivity index (χ2v) is 16.7. The molecular formula is C49H32F3N3O3S2. The molecule has 0 aliphatic rings. The summed E-state index contributed by atoms with van der Waals surface area (Å²) in [5.74, 6) is -0.462. The fourth-order valence-electron chi connectivity index (χ4n) is 7.91. The van der Waals surface area contributed by atoms with E-state index in [0.717, 1.165) is 65.3 Å². The van der Waals surface area contributed by atoms with E-state index in [1.54, 1.807) is 0 Å². The van der Waals surface area contributed by atoms with Gasteiger partial charge in [0.25, 0.3) is 0 Å². The summed E-state index contributed by atoms with van der Waals surface area (Å²) in [5, 5.41) is 3.47. The zero-order valence-corrected chi connectivity index (χ0v) is 33.1. The molecule has 0 saturated heterocycles. The number of hydrogen-bond donors (Lipinski definition) is 0. The van der Waals surface area contributed by atoms with Crippen LogP contribution in [0.4, 0.5) is 47.3 Å². The first kappa shape index (κ1) is 37.2. The fourth-order valence-corrected chi connectivity index (χ4v) is 9.52. The molecule has 2 aromatic heterocycles. The van der Waals surface area contributed by atoms with Gasteiger partial charge >= 0.3 is 15.6 Å². The average molecular weight is 832 g/mol. The summed E-state index contributed by atoms with van der Waals surface area (Å²) in [5.41, 5.74) is 1.94. The van der Waals surface area contributed by atoms with Crippen LogP contribution in [0, 0.1) is 0 Å². The Morgan fingerprint density at radius 1 is 0.483 bits per heavy atom. The molecule has 0 radical (unpaired) electrons. The quantitative estimate of drug-likeness (QED) is 0.107. The Kier molecular flexibility index (Phi) is 9.07. The van der Waals surface area contributed by atoms with E-state index in [0.29, 0.717) is 16.5 Å². The summed E-state index contributed by atoms with van der Waals surface area (Å²) in [6, 6.07) is 62.4. The van der Waals surface area contributed by atoms with Gasteiger partial charge in [0.2, 0.25) is 0 Å². The number of anilines is 6. The fraction of sp³-hybridized carbons (Fsp3) is 0.0204. The molecule has 11 heteroatoms. The Bertz CT molecular complexity index is 3260. The van der Waals surface area contributed by atoms with E-state index < -0.39 is 21.4 Å². The van der Waals surface area contributed by atoms with Crippen molar-refractivity contribution in [2.75, 3.05) is 9.80 Å². The molecular weight excluding hydrogens is 800 g/mol. The van der Waals surface area contributed by atoms with Crippen molar-refractivity contribution in [1.82, 2.24) is 4.57 Å². The van der Waals surface area contributed by atoms with E-state index in [1.807, 2.05) is 144 Å². The summed E-state index contributed by atoms with van der Waals surface area (Å²) in [4.78, 5) is 4.04. The van der Waals surface area contributed by atoms with Crippen LogP contribution in [0.25, 0.3) is 47.7 Å². The molecule has 0 spiro atoms. The van der Waals surface area contributed by atoms with Crippen molar-refractivity contribution in [1.29, 1.82) is 0 Å². The number of halogens is 3. The van der Waals surface area contributed by atoms with Crippen molar-refractivity contribution in [3.63, 3.8) is 0 Å². The lowest BCUT2D eigenvalue weighted by Gasteiger charge is -2.26. The van der Waals surface area contributed by atoms with Crippen molar-refractivity contribution < 1.29 is 25.8 Å². The van der Waals surface area contributed by atoms with Crippen LogP contribution in [0.5, 0.6) is 5.75 Å². The molecule has 6 nitrogen and oxygen atoms in total. The minimum absolute atomic E-state index is 0.458. The van der Waals surface area contributed by atoms with Crippen LogP contribution < -0.4 is 14.0 Å². The zero-order chi connectivity index (χ0) is 41.0. The predicted molar refractivity (Wildman–Crippen MR) is 239 cm³/mol. The van der Waals surface area contributed by atoms with Gasteiger partial charge in [0.05, 0.1) is 21.4 Å². The van der Waals surface area contributed by atoms with Gasteiger partial charge in [-0.1, -0.05) is 97.1 Å². The van der Waals surface area contributed by atoms with Crippen LogP contribution in [0.15, 0.2) is 194 Å². The highest BCUT2D eigenvalue weighted by Crippen LogP contribution is 2.49. The van der Waals surface area contributed by atoms with Gasteiger partial charge in [0.15, 0.2) is 0 Å². The minimum Gasteiger partial charge on any atom is -0.376 e. The maximum Gasteiger partial charge on any atom is 0.534 e. The van der Waals surface area contributed by atoms with Crippen LogP contribution in [-0.4, -0.2) is 18.5 Å². The molecule has 60 heavy (non-hydrogen) atoms. The smallest absolute Gasteiger partial charge is 0.376 e. The zero-order valence-electron chi connectivity index (χ0n) is 31.5. The average Bonchev–Trinajstić information content (AvgIpc) is 3.80. The molecule has 0 aliphatic heterocycles. The van der Waals surface area contributed by atoms with Crippen molar-refractivity contribution in [3.8, 4) is 11.4 Å². The maximum absolute atomic E-state index is 13.8. The first-order chi connectivity index (χ1) is 29.1. The van der Waals surface area contributed by atoms with Crippen molar-refractivity contribution in [2.45, 2.75) is 5.51 Å². The van der Waals surface area contributed by atoms with Crippen molar-refractivity contribution in [3.05, 3.63) is 194 Å². The second-order valence-electron chi connectivity index (χ2n) is 14.2. The standard InChI is InChI=1S/C49H32F3N3O3S2/c50-49(51,52)60(56,57)58-39-31-43-42-29-37(26-28-47(42)59-48(43)46(32-39)54(34-17-7-2-8-18-34)35-19-9-3-10-20-35)53(33-15-5-1-6-16-33)38-25-27-41-40-23-13-14-24-44(40)55(45(41)30-38)36-21-11-4-12-22-36/h1-32H. The van der Waals surface area contributed by atoms with Gasteiger partial charge in [-0.05, 0) is 91.0 Å². The predicted octanol–water partition coefficient (Wildman–Crippen LogP) is 14.3. The SMILES string of the molecule is O=S(=O)(Oc1cc(N(c2ccccc2)c2ccccc2)c2sc3ccc(N(c4ccccc4)c4ccc5c6ccccc6n(-c6ccccc6)c5c4)cc3c2c1)C(F)(F)F. The van der Waals surface area contributed by atoms with Gasteiger partial charge in [0.1, 0.15) is 5.75 Å². The molecule has 0 atom stereocenters. The minimum atomic E-state index is -6.00. The van der Waals surface area contributed by atoms with Gasteiger partial charge in [0, 0.05) is 66.4 Å². The third kappa shape index (κ3) is 6.48. The second kappa shape index (κ2) is 14.6. The van der Waals surface area contributed by atoms with E-state index in [-0.39, 0.29) is 0 Å². The van der Waals surface area contributed by atoms with Gasteiger partial charge in [-0.25, -0.2) is 0 Å². The van der Waals surface area contributed by atoms with Crippen molar-refractivity contribution >= 4 is 97.6 Å². The molecule has 8 aromatic carbocycles. The highest BCUT2D eigenvalue weighted by Gasteiger charge is 2.48. The number of nitrogens with zero attached hydrogens (tertiary/aromatic N) is 3. The number of alkyl halides is 3. The monoisotopic (exact) mass is 831 g/mol. The number of benzene rings is 8. The molecule has 0 bridgehead atoms. The number of fused-ring (bicyclic) bond motifs is 6. The number of para-hydroxylation sites is 5. The van der Waals surface area contributed by atoms with E-state index in [2.05, 4.69) is 51.9 Å². The maximum atomic E-state index is 13.8. The lowest BCUT2D eigenvalue weighted by atomic mass is 10.1. The number of hydrogen-bond acceptors (Lipinski definition) is 6. The number of rotatable bonds is 9. The molecule has 0 unspecified atom stereocenters. The Balaban J connectivity index is 1.21. The van der Waals surface area contributed by atoms with Crippen LogP contribution in [0.2, 0.25) is 0 Å². The summed E-state index contributed by atoms with van der Waals surface area (Å²) in [7, 11) is -6.00. The third-order valence-electron chi connectivity index (χ3n) is 10.5. The van der Waals surface area contributed by atoms with Crippen LogP contribution >= 0.6 is 11.3 Å². The molecule has 0 saturated carbocycles. The van der Waals surface area contributed by atoms with E-state index >= 15 is 0 Å². The van der Waals surface area contributed by atoms with Crippen LogP contribution in [0.3, 0.4) is 0 Å². The summed E-state index contributed by atoms with van der Waals surface area (Å²) in [6.45, 7) is 0. The number of aromatic nitrogens is 1. The van der Waals surface area contributed by atoms with Gasteiger partial charge < -0.3 is 18.6 Å². The van der Waals surface area contributed by atoms with Crippen LogP contribution in [-0.2, 0) is 10.1 Å². The van der Waals surface area contributed by atoms with E-state index in [1.165, 1.54) is 23.5 Å². The molecule has 0 aliphatic carbocycles.